The zero-order valence-corrected chi connectivity index (χ0v) is 11.5. The van der Waals surface area contributed by atoms with Crippen LogP contribution in [-0.4, -0.2) is 12.2 Å². The quantitative estimate of drug-likeness (QED) is 0.640. The van der Waals surface area contributed by atoms with Crippen LogP contribution in [0.25, 0.3) is 0 Å². The van der Waals surface area contributed by atoms with Crippen molar-refractivity contribution in [1.29, 1.82) is 0 Å². The van der Waals surface area contributed by atoms with Crippen molar-refractivity contribution in [3.63, 3.8) is 0 Å². The normalized spacial score (nSPS) is 11.9. The highest BCUT2D eigenvalue weighted by Crippen LogP contribution is 2.36. The molecule has 0 bridgehead atoms. The molecule has 0 unspecified atom stereocenters. The summed E-state index contributed by atoms with van der Waals surface area (Å²) in [5, 5.41) is 5.42. The number of anilines is 1. The summed E-state index contributed by atoms with van der Waals surface area (Å²) in [5.74, 6) is 0.141. The molecular formula is C12H13ClF3N3O. The van der Waals surface area contributed by atoms with Crippen LogP contribution in [0.2, 0.25) is 5.02 Å². The first-order valence-corrected chi connectivity index (χ1v) is 6.05. The second-order valence-corrected chi connectivity index (χ2v) is 4.69. The van der Waals surface area contributed by atoms with Gasteiger partial charge in [0.1, 0.15) is 0 Å². The molecular weight excluding hydrogens is 295 g/mol. The first kappa shape index (κ1) is 16.3. The molecule has 0 radical (unpaired) electrons. The summed E-state index contributed by atoms with van der Waals surface area (Å²) in [5.41, 5.74) is 1.10. The van der Waals surface area contributed by atoms with Crippen molar-refractivity contribution in [3.8, 4) is 0 Å². The molecule has 1 aromatic rings. The van der Waals surface area contributed by atoms with Crippen LogP contribution in [0.4, 0.5) is 23.7 Å². The lowest BCUT2D eigenvalue weighted by atomic mass is 10.2. The predicted octanol–water partition coefficient (Wildman–Crippen LogP) is 4.12. The predicted molar refractivity (Wildman–Crippen MR) is 71.9 cm³/mol. The summed E-state index contributed by atoms with van der Waals surface area (Å²) in [7, 11) is 0. The maximum Gasteiger partial charge on any atom is 0.417 e. The van der Waals surface area contributed by atoms with Crippen molar-refractivity contribution in [2.24, 2.45) is 11.0 Å². The number of benzene rings is 1. The molecule has 1 aromatic carbocycles. The Morgan fingerprint density at radius 2 is 2.05 bits per heavy atom. The van der Waals surface area contributed by atoms with E-state index in [9.17, 15) is 18.0 Å². The first-order chi connectivity index (χ1) is 9.20. The summed E-state index contributed by atoms with van der Waals surface area (Å²) in [6.07, 6.45) is -3.09. The highest BCUT2D eigenvalue weighted by molar-refractivity contribution is 6.31. The molecule has 2 amide bonds. The van der Waals surface area contributed by atoms with Crippen molar-refractivity contribution in [3.05, 3.63) is 28.8 Å². The number of nitrogens with one attached hydrogen (secondary N) is 2. The Hall–Kier alpha value is -1.76. The summed E-state index contributed by atoms with van der Waals surface area (Å²) < 4.78 is 37.9. The summed E-state index contributed by atoms with van der Waals surface area (Å²) in [6, 6.07) is 2.35. The molecule has 8 heteroatoms. The van der Waals surface area contributed by atoms with E-state index < -0.39 is 22.8 Å². The number of carbonyl (C=O) groups excluding carboxylic acids is 1. The standard InChI is InChI=1S/C12H13ClF3N3O/c1-7(2)6-17-19-11(20)18-8-3-4-10(13)9(5-8)12(14,15)16/h3-7H,1-2H3,(H2,18,19,20)/b17-6+. The Morgan fingerprint density at radius 1 is 1.40 bits per heavy atom. The number of hydrogen-bond acceptors (Lipinski definition) is 2. The first-order valence-electron chi connectivity index (χ1n) is 5.67. The number of nitrogens with zero attached hydrogens (tertiary/aromatic N) is 1. The molecule has 0 spiro atoms. The van der Waals surface area contributed by atoms with Gasteiger partial charge in [0.25, 0.3) is 0 Å². The molecule has 0 aliphatic carbocycles. The van der Waals surface area contributed by atoms with Gasteiger partial charge in [-0.3, -0.25) is 0 Å². The molecule has 0 heterocycles. The third kappa shape index (κ3) is 5.08. The third-order valence-corrected chi connectivity index (χ3v) is 2.40. The fraction of sp³-hybridized carbons (Fsp3) is 0.333. The second-order valence-electron chi connectivity index (χ2n) is 4.28. The van der Waals surface area contributed by atoms with Crippen LogP contribution in [-0.2, 0) is 6.18 Å². The maximum absolute atomic E-state index is 12.6. The van der Waals surface area contributed by atoms with E-state index in [2.05, 4.69) is 15.8 Å². The number of rotatable bonds is 3. The molecule has 110 valence electrons. The Labute approximate surface area is 119 Å². The number of carbonyl (C=O) groups is 1. The third-order valence-electron chi connectivity index (χ3n) is 2.07. The zero-order chi connectivity index (χ0) is 15.3. The van der Waals surface area contributed by atoms with Crippen LogP contribution in [0.15, 0.2) is 23.3 Å². The highest BCUT2D eigenvalue weighted by atomic mass is 35.5. The van der Waals surface area contributed by atoms with E-state index in [1.165, 1.54) is 12.3 Å². The fourth-order valence-corrected chi connectivity index (χ4v) is 1.45. The van der Waals surface area contributed by atoms with E-state index in [4.69, 9.17) is 11.6 Å². The minimum absolute atomic E-state index is 0.0287. The number of hydrogen-bond donors (Lipinski definition) is 2. The fourth-order valence-electron chi connectivity index (χ4n) is 1.22. The topological polar surface area (TPSA) is 53.5 Å². The molecule has 4 nitrogen and oxygen atoms in total. The zero-order valence-electron chi connectivity index (χ0n) is 10.8. The van der Waals surface area contributed by atoms with Crippen LogP contribution in [0.1, 0.15) is 19.4 Å². The lowest BCUT2D eigenvalue weighted by Gasteiger charge is -2.11. The van der Waals surface area contributed by atoms with Crippen LogP contribution in [0, 0.1) is 5.92 Å². The molecule has 0 saturated carbocycles. The van der Waals surface area contributed by atoms with E-state index in [-0.39, 0.29) is 11.6 Å². The van der Waals surface area contributed by atoms with E-state index in [0.717, 1.165) is 12.1 Å². The number of amides is 2. The lowest BCUT2D eigenvalue weighted by Crippen LogP contribution is -2.24. The van der Waals surface area contributed by atoms with E-state index in [1.54, 1.807) is 0 Å². The van der Waals surface area contributed by atoms with Gasteiger partial charge in [-0.05, 0) is 24.1 Å². The van der Waals surface area contributed by atoms with Gasteiger partial charge < -0.3 is 5.32 Å². The SMILES string of the molecule is CC(C)/C=N/NC(=O)Nc1ccc(Cl)c(C(F)(F)F)c1. The molecule has 0 aliphatic heterocycles. The number of alkyl halides is 3. The molecule has 0 fully saturated rings. The molecule has 20 heavy (non-hydrogen) atoms. The van der Waals surface area contributed by atoms with Gasteiger partial charge in [-0.15, -0.1) is 0 Å². The molecule has 0 atom stereocenters. The molecule has 1 rings (SSSR count). The molecule has 0 aromatic heterocycles. The van der Waals surface area contributed by atoms with Crippen LogP contribution in [0.3, 0.4) is 0 Å². The highest BCUT2D eigenvalue weighted by Gasteiger charge is 2.33. The largest absolute Gasteiger partial charge is 0.417 e. The van der Waals surface area contributed by atoms with Gasteiger partial charge in [-0.1, -0.05) is 25.4 Å². The summed E-state index contributed by atoms with van der Waals surface area (Å²) >= 11 is 5.46. The Kier molecular flexibility index (Phi) is 5.38. The van der Waals surface area contributed by atoms with Gasteiger partial charge in [0.2, 0.25) is 0 Å². The number of hydrazone groups is 1. The average molecular weight is 308 g/mol. The monoisotopic (exact) mass is 307 g/mol. The van der Waals surface area contributed by atoms with Gasteiger partial charge in [0.15, 0.2) is 0 Å². The van der Waals surface area contributed by atoms with Crippen molar-refractivity contribution < 1.29 is 18.0 Å². The van der Waals surface area contributed by atoms with Gasteiger partial charge >= 0.3 is 12.2 Å². The van der Waals surface area contributed by atoms with Crippen molar-refractivity contribution in [2.75, 3.05) is 5.32 Å². The van der Waals surface area contributed by atoms with Crippen LogP contribution < -0.4 is 10.7 Å². The second kappa shape index (κ2) is 6.60. The van der Waals surface area contributed by atoms with Crippen molar-refractivity contribution in [2.45, 2.75) is 20.0 Å². The van der Waals surface area contributed by atoms with Gasteiger partial charge in [0, 0.05) is 11.9 Å². The van der Waals surface area contributed by atoms with Crippen LogP contribution >= 0.6 is 11.6 Å². The van der Waals surface area contributed by atoms with Crippen molar-refractivity contribution >= 4 is 29.5 Å². The maximum atomic E-state index is 12.6. The molecule has 0 aliphatic rings. The van der Waals surface area contributed by atoms with Gasteiger partial charge in [-0.2, -0.15) is 18.3 Å². The van der Waals surface area contributed by atoms with E-state index in [1.807, 2.05) is 13.8 Å². The molecule has 0 saturated heterocycles. The minimum Gasteiger partial charge on any atom is -0.307 e. The van der Waals surface area contributed by atoms with Gasteiger partial charge in [-0.25, -0.2) is 10.2 Å². The Bertz CT molecular complexity index is 515. The Morgan fingerprint density at radius 3 is 2.60 bits per heavy atom. The minimum atomic E-state index is -4.58. The number of urea groups is 1. The van der Waals surface area contributed by atoms with Gasteiger partial charge in [0.05, 0.1) is 10.6 Å². The summed E-state index contributed by atoms with van der Waals surface area (Å²) in [6.45, 7) is 3.72. The lowest BCUT2D eigenvalue weighted by molar-refractivity contribution is -0.137. The molecule has 2 N–H and O–H groups in total. The van der Waals surface area contributed by atoms with E-state index in [0.29, 0.717) is 0 Å². The van der Waals surface area contributed by atoms with E-state index >= 15 is 0 Å². The smallest absolute Gasteiger partial charge is 0.307 e. The summed E-state index contributed by atoms with van der Waals surface area (Å²) in [4.78, 5) is 11.4. The Balaban J connectivity index is 2.76. The average Bonchev–Trinajstić information content (AvgIpc) is 2.29. The number of halogens is 4. The van der Waals surface area contributed by atoms with Crippen LogP contribution in [0.5, 0.6) is 0 Å². The van der Waals surface area contributed by atoms with Crippen molar-refractivity contribution in [1.82, 2.24) is 5.43 Å².